The Labute approximate surface area is 330 Å². The SMILES string of the molecule is c1ccc(-c2ccc(-c3nc(-c4ccc5sc6ccccc6c5c4)nc(-c4cccc5oc6cc7c8ccccc8n(-c8ccccc8)c7cc6c45)n3)cc2)cc1. The average Bonchev–Trinajstić information content (AvgIpc) is 3.95. The van der Waals surface area contributed by atoms with Crippen molar-refractivity contribution in [1.82, 2.24) is 19.5 Å². The molecule has 0 aliphatic carbocycles. The summed E-state index contributed by atoms with van der Waals surface area (Å²) in [6.45, 7) is 0. The molecular weight excluding hydrogens is 717 g/mol. The Morgan fingerprint density at radius 1 is 0.386 bits per heavy atom. The van der Waals surface area contributed by atoms with Crippen LogP contribution in [0.15, 0.2) is 186 Å². The van der Waals surface area contributed by atoms with Gasteiger partial charge in [0.25, 0.3) is 0 Å². The molecular formula is C51H30N4OS. The fraction of sp³-hybridized carbons (Fsp3) is 0. The van der Waals surface area contributed by atoms with Crippen LogP contribution in [0.2, 0.25) is 0 Å². The van der Waals surface area contributed by atoms with Gasteiger partial charge < -0.3 is 8.98 Å². The number of para-hydroxylation sites is 2. The molecule has 57 heavy (non-hydrogen) atoms. The van der Waals surface area contributed by atoms with E-state index in [1.54, 1.807) is 11.3 Å². The van der Waals surface area contributed by atoms with Crippen LogP contribution in [0.3, 0.4) is 0 Å². The number of aromatic nitrogens is 4. The Morgan fingerprint density at radius 2 is 1.04 bits per heavy atom. The number of rotatable bonds is 5. The Balaban J connectivity index is 1.10. The first kappa shape index (κ1) is 31.9. The van der Waals surface area contributed by atoms with Crippen LogP contribution >= 0.6 is 11.3 Å². The number of thiophene rings is 1. The Hall–Kier alpha value is -7.41. The van der Waals surface area contributed by atoms with Crippen molar-refractivity contribution in [2.45, 2.75) is 0 Å². The number of hydrogen-bond acceptors (Lipinski definition) is 5. The van der Waals surface area contributed by atoms with Gasteiger partial charge in [0.05, 0.1) is 11.0 Å². The van der Waals surface area contributed by atoms with Crippen molar-refractivity contribution in [1.29, 1.82) is 0 Å². The van der Waals surface area contributed by atoms with Crippen molar-refractivity contribution < 1.29 is 4.42 Å². The number of furan rings is 1. The number of hydrogen-bond donors (Lipinski definition) is 0. The molecule has 4 aromatic heterocycles. The predicted molar refractivity (Wildman–Crippen MR) is 236 cm³/mol. The summed E-state index contributed by atoms with van der Waals surface area (Å²) in [6.07, 6.45) is 0. The summed E-state index contributed by atoms with van der Waals surface area (Å²) in [5.74, 6) is 1.83. The molecule has 0 bridgehead atoms. The quantitative estimate of drug-likeness (QED) is 0.176. The molecule has 4 heterocycles. The first-order valence-corrected chi connectivity index (χ1v) is 19.8. The molecule has 0 atom stereocenters. The summed E-state index contributed by atoms with van der Waals surface area (Å²) in [4.78, 5) is 15.7. The van der Waals surface area contributed by atoms with Gasteiger partial charge in [0.15, 0.2) is 17.5 Å². The van der Waals surface area contributed by atoms with Crippen molar-refractivity contribution >= 4 is 75.3 Å². The minimum absolute atomic E-state index is 0.592. The zero-order valence-corrected chi connectivity index (χ0v) is 31.2. The lowest BCUT2D eigenvalue weighted by molar-refractivity contribution is 0.669. The molecule has 0 saturated heterocycles. The molecule has 0 radical (unpaired) electrons. The van der Waals surface area contributed by atoms with Crippen LogP contribution in [0.1, 0.15) is 0 Å². The lowest BCUT2D eigenvalue weighted by Gasteiger charge is -2.10. The first-order chi connectivity index (χ1) is 28.2. The second-order valence-corrected chi connectivity index (χ2v) is 15.5. The third-order valence-electron chi connectivity index (χ3n) is 11.1. The maximum atomic E-state index is 6.67. The fourth-order valence-corrected chi connectivity index (χ4v) is 9.48. The van der Waals surface area contributed by atoms with Crippen LogP contribution in [-0.4, -0.2) is 19.5 Å². The number of benzene rings is 8. The zero-order valence-electron chi connectivity index (χ0n) is 30.4. The van der Waals surface area contributed by atoms with Gasteiger partial charge in [-0.25, -0.2) is 15.0 Å². The highest BCUT2D eigenvalue weighted by atomic mass is 32.1. The Kier molecular flexibility index (Phi) is 7.03. The highest BCUT2D eigenvalue weighted by molar-refractivity contribution is 7.25. The largest absolute Gasteiger partial charge is 0.456 e. The number of nitrogens with zero attached hydrogens (tertiary/aromatic N) is 4. The van der Waals surface area contributed by atoms with Gasteiger partial charge >= 0.3 is 0 Å². The van der Waals surface area contributed by atoms with Crippen molar-refractivity contribution in [2.24, 2.45) is 0 Å². The summed E-state index contributed by atoms with van der Waals surface area (Å²) >= 11 is 1.80. The maximum absolute atomic E-state index is 6.67. The van der Waals surface area contributed by atoms with Gasteiger partial charge in [-0.1, -0.05) is 121 Å². The molecule has 5 nitrogen and oxygen atoms in total. The summed E-state index contributed by atoms with van der Waals surface area (Å²) in [5.41, 5.74) is 10.0. The summed E-state index contributed by atoms with van der Waals surface area (Å²) in [6, 6.07) is 63.8. The summed E-state index contributed by atoms with van der Waals surface area (Å²) < 4.78 is 11.5. The summed E-state index contributed by atoms with van der Waals surface area (Å²) in [5, 5.41) is 6.74. The van der Waals surface area contributed by atoms with Gasteiger partial charge in [-0.15, -0.1) is 11.3 Å². The second-order valence-electron chi connectivity index (χ2n) is 14.4. The minimum Gasteiger partial charge on any atom is -0.456 e. The number of fused-ring (bicyclic) bond motifs is 9. The van der Waals surface area contributed by atoms with Gasteiger partial charge in [-0.05, 0) is 71.8 Å². The van der Waals surface area contributed by atoms with E-state index in [2.05, 4.69) is 168 Å². The van der Waals surface area contributed by atoms with Crippen LogP contribution in [0.4, 0.5) is 0 Å². The highest BCUT2D eigenvalue weighted by Gasteiger charge is 2.21. The molecule has 0 amide bonds. The zero-order chi connectivity index (χ0) is 37.5. The van der Waals surface area contributed by atoms with Crippen LogP contribution < -0.4 is 0 Å². The molecule has 0 aliphatic rings. The Bertz CT molecular complexity index is 3510. The molecule has 12 aromatic rings. The van der Waals surface area contributed by atoms with E-state index < -0.39 is 0 Å². The van der Waals surface area contributed by atoms with E-state index in [4.69, 9.17) is 19.4 Å². The third kappa shape index (κ3) is 5.12. The smallest absolute Gasteiger partial charge is 0.164 e. The maximum Gasteiger partial charge on any atom is 0.164 e. The normalized spacial score (nSPS) is 11.9. The van der Waals surface area contributed by atoms with E-state index in [0.717, 1.165) is 71.9 Å². The van der Waals surface area contributed by atoms with E-state index in [-0.39, 0.29) is 0 Å². The standard InChI is InChI=1S/C51H30N4OS/c1-3-12-31(13-4-1)32-22-24-33(25-23-32)49-52-50(34-26-27-47-40(28-34)37-17-8-10-21-46(37)57-47)54-51(53-49)38-18-11-20-44-48(38)41-29-43-39(30-45(41)56-44)36-16-7-9-19-42(36)55(43)35-14-5-2-6-15-35/h1-30H. The minimum atomic E-state index is 0.592. The molecule has 0 unspecified atom stereocenters. The van der Waals surface area contributed by atoms with Crippen molar-refractivity contribution in [3.63, 3.8) is 0 Å². The summed E-state index contributed by atoms with van der Waals surface area (Å²) in [7, 11) is 0. The average molecular weight is 747 g/mol. The van der Waals surface area contributed by atoms with Crippen molar-refractivity contribution in [2.75, 3.05) is 0 Å². The van der Waals surface area contributed by atoms with Gasteiger partial charge in [0.2, 0.25) is 0 Å². The van der Waals surface area contributed by atoms with Crippen LogP contribution in [0.25, 0.3) is 115 Å². The van der Waals surface area contributed by atoms with Gasteiger partial charge in [0, 0.05) is 64.1 Å². The van der Waals surface area contributed by atoms with Gasteiger partial charge in [-0.3, -0.25) is 0 Å². The molecule has 0 spiro atoms. The van der Waals surface area contributed by atoms with E-state index in [0.29, 0.717) is 17.5 Å². The predicted octanol–water partition coefficient (Wildman–Crippen LogP) is 13.9. The molecule has 0 fully saturated rings. The molecule has 6 heteroatoms. The van der Waals surface area contributed by atoms with E-state index in [1.807, 2.05) is 18.2 Å². The lowest BCUT2D eigenvalue weighted by atomic mass is 10.0. The van der Waals surface area contributed by atoms with Crippen molar-refractivity contribution in [3.8, 4) is 51.0 Å². The molecule has 0 saturated carbocycles. The topological polar surface area (TPSA) is 56.7 Å². The van der Waals surface area contributed by atoms with Gasteiger partial charge in [-0.2, -0.15) is 0 Å². The van der Waals surface area contributed by atoms with Crippen LogP contribution in [-0.2, 0) is 0 Å². The van der Waals surface area contributed by atoms with Crippen molar-refractivity contribution in [3.05, 3.63) is 182 Å². The molecule has 12 rings (SSSR count). The third-order valence-corrected chi connectivity index (χ3v) is 12.2. The van der Waals surface area contributed by atoms with E-state index in [9.17, 15) is 0 Å². The second kappa shape index (κ2) is 12.6. The first-order valence-electron chi connectivity index (χ1n) is 19.0. The Morgan fingerprint density at radius 3 is 1.88 bits per heavy atom. The van der Waals surface area contributed by atoms with Gasteiger partial charge in [0.1, 0.15) is 11.2 Å². The highest BCUT2D eigenvalue weighted by Crippen LogP contribution is 2.42. The fourth-order valence-electron chi connectivity index (χ4n) is 8.39. The van der Waals surface area contributed by atoms with E-state index >= 15 is 0 Å². The van der Waals surface area contributed by atoms with Crippen LogP contribution in [0.5, 0.6) is 0 Å². The van der Waals surface area contributed by atoms with Crippen LogP contribution in [0, 0.1) is 0 Å². The lowest BCUT2D eigenvalue weighted by Crippen LogP contribution is -2.00. The molecule has 0 N–H and O–H groups in total. The monoisotopic (exact) mass is 746 g/mol. The van der Waals surface area contributed by atoms with E-state index in [1.165, 1.54) is 25.6 Å². The molecule has 0 aliphatic heterocycles. The molecule has 266 valence electrons. The molecule has 8 aromatic carbocycles.